The molecule has 138 valence electrons. The predicted molar refractivity (Wildman–Crippen MR) is 99.5 cm³/mol. The molecule has 0 radical (unpaired) electrons. The van der Waals surface area contributed by atoms with Gasteiger partial charge in [0.05, 0.1) is 18.7 Å². The van der Waals surface area contributed by atoms with Crippen molar-refractivity contribution in [2.45, 2.75) is 39.4 Å². The fraction of sp³-hybridized carbons (Fsp3) is 0.421. The van der Waals surface area contributed by atoms with Crippen molar-refractivity contribution < 1.29 is 9.59 Å². The summed E-state index contributed by atoms with van der Waals surface area (Å²) in [5, 5.41) is 10.0. The zero-order valence-electron chi connectivity index (χ0n) is 15.2. The van der Waals surface area contributed by atoms with Crippen molar-refractivity contribution >= 4 is 17.6 Å². The van der Waals surface area contributed by atoms with Gasteiger partial charge in [0.25, 0.3) is 0 Å². The van der Waals surface area contributed by atoms with Crippen molar-refractivity contribution in [2.24, 2.45) is 0 Å². The predicted octanol–water partition coefficient (Wildman–Crippen LogP) is 1.54. The molecule has 2 heterocycles. The third kappa shape index (κ3) is 4.11. The molecule has 26 heavy (non-hydrogen) atoms. The van der Waals surface area contributed by atoms with Gasteiger partial charge in [-0.2, -0.15) is 5.10 Å². The van der Waals surface area contributed by atoms with Crippen molar-refractivity contribution in [2.75, 3.05) is 18.4 Å². The van der Waals surface area contributed by atoms with E-state index in [0.717, 1.165) is 17.7 Å². The SMILES string of the molecule is CCn1ncc(C)c1NC(=O)CC1C(=O)NCCN1Cc1ccccc1. The maximum atomic E-state index is 12.6. The molecule has 1 unspecified atom stereocenters. The molecule has 1 aliphatic rings. The average molecular weight is 355 g/mol. The molecule has 1 atom stereocenters. The largest absolute Gasteiger partial charge is 0.353 e. The van der Waals surface area contributed by atoms with Gasteiger partial charge in [0.15, 0.2) is 0 Å². The Morgan fingerprint density at radius 3 is 2.85 bits per heavy atom. The van der Waals surface area contributed by atoms with Gasteiger partial charge < -0.3 is 10.6 Å². The van der Waals surface area contributed by atoms with E-state index in [0.29, 0.717) is 25.5 Å². The maximum Gasteiger partial charge on any atom is 0.237 e. The van der Waals surface area contributed by atoms with Crippen LogP contribution in [0.3, 0.4) is 0 Å². The van der Waals surface area contributed by atoms with E-state index in [1.165, 1.54) is 0 Å². The van der Waals surface area contributed by atoms with Crippen molar-refractivity contribution in [3.05, 3.63) is 47.7 Å². The molecule has 1 fully saturated rings. The monoisotopic (exact) mass is 355 g/mol. The van der Waals surface area contributed by atoms with Crippen LogP contribution in [0.1, 0.15) is 24.5 Å². The number of anilines is 1. The third-order valence-corrected chi connectivity index (χ3v) is 4.63. The Hall–Kier alpha value is -2.67. The lowest BCUT2D eigenvalue weighted by atomic mass is 10.1. The van der Waals surface area contributed by atoms with Crippen molar-refractivity contribution in [3.63, 3.8) is 0 Å². The minimum absolute atomic E-state index is 0.0944. The number of carbonyl (C=O) groups excluding carboxylic acids is 2. The van der Waals surface area contributed by atoms with Gasteiger partial charge in [-0.3, -0.25) is 14.5 Å². The van der Waals surface area contributed by atoms with Gasteiger partial charge in [0.1, 0.15) is 5.82 Å². The van der Waals surface area contributed by atoms with Gasteiger partial charge in [-0.25, -0.2) is 4.68 Å². The maximum absolute atomic E-state index is 12.6. The second kappa shape index (κ2) is 8.14. The molecular formula is C19H25N5O2. The molecule has 2 aromatic rings. The van der Waals surface area contributed by atoms with Crippen LogP contribution in [-0.2, 0) is 22.7 Å². The summed E-state index contributed by atoms with van der Waals surface area (Å²) in [7, 11) is 0. The number of amides is 2. The normalized spacial score (nSPS) is 17.8. The number of carbonyl (C=O) groups is 2. The minimum Gasteiger partial charge on any atom is -0.353 e. The number of rotatable bonds is 6. The van der Waals surface area contributed by atoms with Crippen LogP contribution in [0.5, 0.6) is 0 Å². The molecule has 0 aliphatic carbocycles. The Balaban J connectivity index is 1.69. The van der Waals surface area contributed by atoms with Gasteiger partial charge in [0, 0.05) is 31.7 Å². The highest BCUT2D eigenvalue weighted by molar-refractivity contribution is 5.95. The number of aromatic nitrogens is 2. The van der Waals surface area contributed by atoms with E-state index in [1.807, 2.05) is 44.2 Å². The quantitative estimate of drug-likeness (QED) is 0.824. The molecule has 0 spiro atoms. The molecule has 3 rings (SSSR count). The molecule has 0 bridgehead atoms. The number of hydrogen-bond acceptors (Lipinski definition) is 4. The van der Waals surface area contributed by atoms with Crippen LogP contribution >= 0.6 is 0 Å². The Morgan fingerprint density at radius 1 is 1.35 bits per heavy atom. The van der Waals surface area contributed by atoms with Gasteiger partial charge in [-0.05, 0) is 19.4 Å². The molecule has 7 heteroatoms. The zero-order valence-corrected chi connectivity index (χ0v) is 15.2. The molecule has 2 N–H and O–H groups in total. The van der Waals surface area contributed by atoms with E-state index in [9.17, 15) is 9.59 Å². The van der Waals surface area contributed by atoms with E-state index in [-0.39, 0.29) is 18.2 Å². The lowest BCUT2D eigenvalue weighted by molar-refractivity contribution is -0.132. The first-order chi connectivity index (χ1) is 12.6. The summed E-state index contributed by atoms with van der Waals surface area (Å²) >= 11 is 0. The van der Waals surface area contributed by atoms with Gasteiger partial charge in [0.2, 0.25) is 11.8 Å². The van der Waals surface area contributed by atoms with Crippen LogP contribution in [0, 0.1) is 6.92 Å². The fourth-order valence-electron chi connectivity index (χ4n) is 3.23. The van der Waals surface area contributed by atoms with Gasteiger partial charge >= 0.3 is 0 Å². The topological polar surface area (TPSA) is 79.3 Å². The number of hydrogen-bond donors (Lipinski definition) is 2. The molecule has 2 amide bonds. The van der Waals surface area contributed by atoms with Crippen LogP contribution in [0.2, 0.25) is 0 Å². The zero-order chi connectivity index (χ0) is 18.5. The lowest BCUT2D eigenvalue weighted by Gasteiger charge is -2.34. The average Bonchev–Trinajstić information content (AvgIpc) is 2.99. The van der Waals surface area contributed by atoms with Crippen LogP contribution in [0.4, 0.5) is 5.82 Å². The summed E-state index contributed by atoms with van der Waals surface area (Å²) in [4.78, 5) is 27.0. The van der Waals surface area contributed by atoms with Crippen molar-refractivity contribution in [3.8, 4) is 0 Å². The van der Waals surface area contributed by atoms with E-state index < -0.39 is 6.04 Å². The summed E-state index contributed by atoms with van der Waals surface area (Å²) in [6, 6.07) is 9.53. The summed E-state index contributed by atoms with van der Waals surface area (Å²) in [5.74, 6) is 0.426. The summed E-state index contributed by atoms with van der Waals surface area (Å²) in [6.45, 7) is 6.53. The Morgan fingerprint density at radius 2 is 2.12 bits per heavy atom. The summed E-state index contributed by atoms with van der Waals surface area (Å²) in [6.07, 6.45) is 1.85. The molecule has 1 aromatic carbocycles. The first-order valence-electron chi connectivity index (χ1n) is 8.96. The number of benzene rings is 1. The second-order valence-electron chi connectivity index (χ2n) is 6.51. The summed E-state index contributed by atoms with van der Waals surface area (Å²) < 4.78 is 1.75. The molecule has 1 aromatic heterocycles. The highest BCUT2D eigenvalue weighted by Gasteiger charge is 2.31. The lowest BCUT2D eigenvalue weighted by Crippen LogP contribution is -2.55. The molecular weight excluding hydrogens is 330 g/mol. The van der Waals surface area contributed by atoms with Gasteiger partial charge in [-0.1, -0.05) is 30.3 Å². The third-order valence-electron chi connectivity index (χ3n) is 4.63. The standard InChI is InChI=1S/C19H25N5O2/c1-3-24-18(14(2)12-21-24)22-17(25)11-16-19(26)20-9-10-23(16)13-15-7-5-4-6-8-15/h4-8,12,16H,3,9-11,13H2,1-2H3,(H,20,26)(H,22,25). The Labute approximate surface area is 153 Å². The van der Waals surface area contributed by atoms with Gasteiger partial charge in [-0.15, -0.1) is 0 Å². The van der Waals surface area contributed by atoms with Crippen molar-refractivity contribution in [1.82, 2.24) is 20.0 Å². The van der Waals surface area contributed by atoms with E-state index in [1.54, 1.807) is 10.9 Å². The van der Waals surface area contributed by atoms with E-state index in [2.05, 4.69) is 20.6 Å². The number of nitrogens with one attached hydrogen (secondary N) is 2. The Bertz CT molecular complexity index is 771. The smallest absolute Gasteiger partial charge is 0.237 e. The van der Waals surface area contributed by atoms with Crippen LogP contribution in [-0.4, -0.2) is 45.6 Å². The fourth-order valence-corrected chi connectivity index (χ4v) is 3.23. The minimum atomic E-state index is -0.470. The van der Waals surface area contributed by atoms with E-state index in [4.69, 9.17) is 0 Å². The van der Waals surface area contributed by atoms with Crippen molar-refractivity contribution in [1.29, 1.82) is 0 Å². The number of aryl methyl sites for hydroxylation is 2. The molecule has 7 nitrogen and oxygen atoms in total. The molecule has 0 saturated carbocycles. The Kier molecular flexibility index (Phi) is 5.68. The summed E-state index contributed by atoms with van der Waals surface area (Å²) in [5.41, 5.74) is 2.04. The highest BCUT2D eigenvalue weighted by Crippen LogP contribution is 2.17. The van der Waals surface area contributed by atoms with Crippen LogP contribution < -0.4 is 10.6 Å². The van der Waals surface area contributed by atoms with Crippen LogP contribution in [0.25, 0.3) is 0 Å². The number of piperazine rings is 1. The van der Waals surface area contributed by atoms with Crippen LogP contribution in [0.15, 0.2) is 36.5 Å². The highest BCUT2D eigenvalue weighted by atomic mass is 16.2. The van der Waals surface area contributed by atoms with E-state index >= 15 is 0 Å². The molecule has 1 saturated heterocycles. The number of nitrogens with zero attached hydrogens (tertiary/aromatic N) is 3. The first-order valence-corrected chi connectivity index (χ1v) is 8.96. The molecule has 1 aliphatic heterocycles. The first kappa shape index (κ1) is 18.1. The second-order valence-corrected chi connectivity index (χ2v) is 6.51.